The third kappa shape index (κ3) is 4.18. The van der Waals surface area contributed by atoms with E-state index < -0.39 is 5.82 Å². The quantitative estimate of drug-likeness (QED) is 0.551. The van der Waals surface area contributed by atoms with E-state index in [0.717, 1.165) is 36.8 Å². The fraction of sp³-hybridized carbons (Fsp3) is 0.364. The zero-order valence-electron chi connectivity index (χ0n) is 14.9. The Morgan fingerprint density at radius 1 is 1.08 bits per heavy atom. The minimum Gasteiger partial charge on any atom is -0.469 e. The number of carbonyl (C=O) groups excluding carboxylic acids is 2. The molecule has 136 valence electrons. The molecule has 0 radical (unpaired) electrons. The first-order valence-electron chi connectivity index (χ1n) is 9.02. The Morgan fingerprint density at radius 3 is 2.31 bits per heavy atom. The highest BCUT2D eigenvalue weighted by Crippen LogP contribution is 2.37. The molecule has 4 heteroatoms. The molecule has 0 heterocycles. The van der Waals surface area contributed by atoms with Gasteiger partial charge in [-0.05, 0) is 66.3 Å². The molecule has 0 aromatic heterocycles. The lowest BCUT2D eigenvalue weighted by Crippen LogP contribution is -2.17. The molecule has 2 aromatic carbocycles. The van der Waals surface area contributed by atoms with E-state index in [2.05, 4.69) is 12.1 Å². The molecular formula is C22H23FO3. The monoisotopic (exact) mass is 354 g/mol. The highest BCUT2D eigenvalue weighted by atomic mass is 19.1. The van der Waals surface area contributed by atoms with Crippen molar-refractivity contribution in [3.05, 3.63) is 59.4 Å². The molecule has 0 saturated heterocycles. The molecule has 1 aliphatic rings. The minimum absolute atomic E-state index is 0.0779. The van der Waals surface area contributed by atoms with Crippen LogP contribution >= 0.6 is 0 Å². The van der Waals surface area contributed by atoms with E-state index in [1.165, 1.54) is 24.8 Å². The van der Waals surface area contributed by atoms with Gasteiger partial charge in [-0.1, -0.05) is 30.3 Å². The molecule has 0 atom stereocenters. The van der Waals surface area contributed by atoms with Crippen molar-refractivity contribution in [3.63, 3.8) is 0 Å². The van der Waals surface area contributed by atoms with Gasteiger partial charge in [-0.3, -0.25) is 9.59 Å². The number of aldehydes is 1. The Balaban J connectivity index is 1.64. The zero-order valence-corrected chi connectivity index (χ0v) is 14.9. The van der Waals surface area contributed by atoms with E-state index in [9.17, 15) is 14.0 Å². The van der Waals surface area contributed by atoms with Crippen LogP contribution in [0.5, 0.6) is 0 Å². The van der Waals surface area contributed by atoms with Gasteiger partial charge in [0.2, 0.25) is 0 Å². The predicted octanol–water partition coefficient (Wildman–Crippen LogP) is 5.14. The lowest BCUT2D eigenvalue weighted by atomic mass is 9.77. The molecule has 0 aliphatic heterocycles. The maximum Gasteiger partial charge on any atom is 0.305 e. The van der Waals surface area contributed by atoms with Crippen molar-refractivity contribution in [2.45, 2.75) is 38.0 Å². The van der Waals surface area contributed by atoms with Crippen molar-refractivity contribution in [3.8, 4) is 11.1 Å². The van der Waals surface area contributed by atoms with Crippen molar-refractivity contribution >= 4 is 12.3 Å². The normalized spacial score (nSPS) is 19.8. The average molecular weight is 354 g/mol. The van der Waals surface area contributed by atoms with Gasteiger partial charge < -0.3 is 4.74 Å². The fourth-order valence-corrected chi connectivity index (χ4v) is 3.77. The number of rotatable bonds is 5. The van der Waals surface area contributed by atoms with Gasteiger partial charge in [-0.25, -0.2) is 4.39 Å². The van der Waals surface area contributed by atoms with E-state index in [1.54, 1.807) is 6.07 Å². The van der Waals surface area contributed by atoms with Crippen molar-refractivity contribution in [1.29, 1.82) is 0 Å². The summed E-state index contributed by atoms with van der Waals surface area (Å²) in [6.45, 7) is 0. The lowest BCUT2D eigenvalue weighted by molar-refractivity contribution is -0.142. The maximum absolute atomic E-state index is 13.8. The molecule has 3 rings (SSSR count). The number of carbonyl (C=O) groups is 2. The summed E-state index contributed by atoms with van der Waals surface area (Å²) in [6, 6.07) is 12.9. The van der Waals surface area contributed by atoms with Crippen LogP contribution in [0.1, 0.15) is 53.9 Å². The summed E-state index contributed by atoms with van der Waals surface area (Å²) >= 11 is 0. The molecule has 0 spiro atoms. The maximum atomic E-state index is 13.8. The highest BCUT2D eigenvalue weighted by Gasteiger charge is 2.24. The van der Waals surface area contributed by atoms with E-state index in [-0.39, 0.29) is 11.5 Å². The van der Waals surface area contributed by atoms with E-state index in [0.29, 0.717) is 24.5 Å². The van der Waals surface area contributed by atoms with Crippen LogP contribution in [0.2, 0.25) is 0 Å². The summed E-state index contributed by atoms with van der Waals surface area (Å²) in [5.74, 6) is 0.320. The van der Waals surface area contributed by atoms with Crippen LogP contribution in [-0.2, 0) is 9.53 Å². The number of hydrogen-bond donors (Lipinski definition) is 0. The Labute approximate surface area is 153 Å². The standard InChI is InChI=1S/C22H23FO3/c1-26-22(25)12-15-2-4-16(5-3-15)17-6-8-18(9-7-17)19-10-11-20(14-24)21(23)13-19/h6-11,13-16H,2-5,12H2,1H3. The number of ether oxygens (including phenoxy) is 1. The van der Waals surface area contributed by atoms with Crippen LogP contribution in [0.4, 0.5) is 4.39 Å². The second-order valence-corrected chi connectivity index (χ2v) is 6.97. The second kappa shape index (κ2) is 8.26. The van der Waals surface area contributed by atoms with Crippen LogP contribution in [-0.4, -0.2) is 19.4 Å². The van der Waals surface area contributed by atoms with Gasteiger partial charge in [0.25, 0.3) is 0 Å². The molecule has 0 bridgehead atoms. The Bertz CT molecular complexity index is 774. The number of esters is 1. The molecule has 0 N–H and O–H groups in total. The van der Waals surface area contributed by atoms with Crippen LogP contribution < -0.4 is 0 Å². The van der Waals surface area contributed by atoms with Gasteiger partial charge in [0, 0.05) is 6.42 Å². The van der Waals surface area contributed by atoms with Gasteiger partial charge in [0.05, 0.1) is 12.7 Å². The molecular weight excluding hydrogens is 331 g/mol. The topological polar surface area (TPSA) is 43.4 Å². The van der Waals surface area contributed by atoms with E-state index >= 15 is 0 Å². The number of benzene rings is 2. The molecule has 26 heavy (non-hydrogen) atoms. The van der Waals surface area contributed by atoms with Gasteiger partial charge in [0.15, 0.2) is 6.29 Å². The SMILES string of the molecule is COC(=O)CC1CCC(c2ccc(-c3ccc(C=O)c(F)c3)cc2)CC1. The first-order valence-corrected chi connectivity index (χ1v) is 9.02. The fourth-order valence-electron chi connectivity index (χ4n) is 3.77. The largest absolute Gasteiger partial charge is 0.469 e. The number of halogens is 1. The smallest absolute Gasteiger partial charge is 0.305 e. The van der Waals surface area contributed by atoms with Gasteiger partial charge in [0.1, 0.15) is 5.82 Å². The third-order valence-electron chi connectivity index (χ3n) is 5.37. The van der Waals surface area contributed by atoms with Gasteiger partial charge in [-0.15, -0.1) is 0 Å². The van der Waals surface area contributed by atoms with E-state index in [4.69, 9.17) is 4.74 Å². The summed E-state index contributed by atoms with van der Waals surface area (Å²) in [4.78, 5) is 22.1. The van der Waals surface area contributed by atoms with E-state index in [1.807, 2.05) is 12.1 Å². The van der Waals surface area contributed by atoms with Crippen molar-refractivity contribution in [2.75, 3.05) is 7.11 Å². The summed E-state index contributed by atoms with van der Waals surface area (Å²) in [7, 11) is 1.44. The molecule has 3 nitrogen and oxygen atoms in total. The predicted molar refractivity (Wildman–Crippen MR) is 98.6 cm³/mol. The molecule has 2 aromatic rings. The van der Waals surface area contributed by atoms with Crippen LogP contribution in [0, 0.1) is 11.7 Å². The lowest BCUT2D eigenvalue weighted by Gasteiger charge is -2.28. The van der Waals surface area contributed by atoms with Gasteiger partial charge in [-0.2, -0.15) is 0 Å². The van der Waals surface area contributed by atoms with Crippen molar-refractivity contribution in [2.24, 2.45) is 5.92 Å². The average Bonchev–Trinajstić information content (AvgIpc) is 2.68. The summed E-state index contributed by atoms with van der Waals surface area (Å²) in [5.41, 5.74) is 3.07. The van der Waals surface area contributed by atoms with Crippen molar-refractivity contribution < 1.29 is 18.7 Å². The first-order chi connectivity index (χ1) is 12.6. The highest BCUT2D eigenvalue weighted by molar-refractivity contribution is 5.77. The zero-order chi connectivity index (χ0) is 18.5. The Morgan fingerprint density at radius 2 is 1.73 bits per heavy atom. The summed E-state index contributed by atoms with van der Waals surface area (Å²) in [6.07, 6.45) is 5.27. The van der Waals surface area contributed by atoms with Gasteiger partial charge >= 0.3 is 5.97 Å². The van der Waals surface area contributed by atoms with Crippen LogP contribution in [0.15, 0.2) is 42.5 Å². The molecule has 0 unspecified atom stereocenters. The minimum atomic E-state index is -0.495. The Hall–Kier alpha value is -2.49. The number of methoxy groups -OCH3 is 1. The van der Waals surface area contributed by atoms with Crippen LogP contribution in [0.25, 0.3) is 11.1 Å². The molecule has 0 amide bonds. The molecule has 1 saturated carbocycles. The van der Waals surface area contributed by atoms with Crippen LogP contribution in [0.3, 0.4) is 0 Å². The second-order valence-electron chi connectivity index (χ2n) is 6.97. The summed E-state index contributed by atoms with van der Waals surface area (Å²) in [5, 5.41) is 0. The molecule has 1 fully saturated rings. The first kappa shape index (κ1) is 18.3. The van der Waals surface area contributed by atoms with Crippen molar-refractivity contribution in [1.82, 2.24) is 0 Å². The Kier molecular flexibility index (Phi) is 5.82. The number of hydrogen-bond acceptors (Lipinski definition) is 3. The third-order valence-corrected chi connectivity index (χ3v) is 5.37. The summed E-state index contributed by atoms with van der Waals surface area (Å²) < 4.78 is 18.6. The molecule has 1 aliphatic carbocycles.